The van der Waals surface area contributed by atoms with Crippen LogP contribution in [0.25, 0.3) is 10.6 Å². The highest BCUT2D eigenvalue weighted by Gasteiger charge is 2.16. The van der Waals surface area contributed by atoms with Gasteiger partial charge in [0.2, 0.25) is 0 Å². The predicted octanol–water partition coefficient (Wildman–Crippen LogP) is 5.00. The number of anilines is 2. The first-order valence-corrected chi connectivity index (χ1v) is 8.83. The van der Waals surface area contributed by atoms with Gasteiger partial charge in [-0.2, -0.15) is 0 Å². The first-order valence-electron chi connectivity index (χ1n) is 7.22. The van der Waals surface area contributed by atoms with Crippen LogP contribution >= 0.6 is 35.2 Å². The van der Waals surface area contributed by atoms with Gasteiger partial charge in [0.25, 0.3) is 0 Å². The lowest BCUT2D eigenvalue weighted by Crippen LogP contribution is -2.30. The second-order valence-electron chi connectivity index (χ2n) is 5.15. The lowest BCUT2D eigenvalue weighted by Gasteiger charge is -2.19. The zero-order valence-corrected chi connectivity index (χ0v) is 15.5. The van der Waals surface area contributed by atoms with Crippen molar-refractivity contribution < 1.29 is 0 Å². The molecule has 0 aliphatic heterocycles. The molecule has 122 valence electrons. The molecular formula is C17H15ClN4S2. The fourth-order valence-electron chi connectivity index (χ4n) is 2.15. The summed E-state index contributed by atoms with van der Waals surface area (Å²) in [6.45, 7) is 1.98. The smallest absolute Gasteiger partial charge is 0.178 e. The average Bonchev–Trinajstić information content (AvgIpc) is 2.99. The molecule has 4 nitrogen and oxygen atoms in total. The maximum absolute atomic E-state index is 5.91. The number of thiazole rings is 1. The van der Waals surface area contributed by atoms with Gasteiger partial charge in [-0.05, 0) is 55.5 Å². The molecule has 3 rings (SSSR count). The first kappa shape index (κ1) is 16.8. The molecule has 2 aromatic heterocycles. The van der Waals surface area contributed by atoms with E-state index in [1.165, 1.54) is 0 Å². The van der Waals surface area contributed by atoms with E-state index in [-0.39, 0.29) is 0 Å². The van der Waals surface area contributed by atoms with Crippen molar-refractivity contribution in [2.45, 2.75) is 6.92 Å². The maximum atomic E-state index is 5.91. The van der Waals surface area contributed by atoms with Gasteiger partial charge in [-0.25, -0.2) is 4.98 Å². The minimum atomic E-state index is 0.599. The third-order valence-corrected chi connectivity index (χ3v) is 5.30. The summed E-state index contributed by atoms with van der Waals surface area (Å²) < 4.78 is 0. The van der Waals surface area contributed by atoms with Crippen LogP contribution in [0.3, 0.4) is 0 Å². The number of aryl methyl sites for hydroxylation is 1. The van der Waals surface area contributed by atoms with Crippen molar-refractivity contribution in [3.05, 3.63) is 59.5 Å². The monoisotopic (exact) mass is 374 g/mol. The molecule has 7 heteroatoms. The molecular weight excluding hydrogens is 360 g/mol. The summed E-state index contributed by atoms with van der Waals surface area (Å²) >= 11 is 13.0. The van der Waals surface area contributed by atoms with E-state index in [1.807, 2.05) is 61.5 Å². The number of halogens is 1. The van der Waals surface area contributed by atoms with Crippen LogP contribution in [0.1, 0.15) is 5.69 Å². The van der Waals surface area contributed by atoms with E-state index in [0.29, 0.717) is 10.1 Å². The molecule has 0 fully saturated rings. The van der Waals surface area contributed by atoms with Gasteiger partial charge in [0.1, 0.15) is 10.0 Å². The van der Waals surface area contributed by atoms with Crippen molar-refractivity contribution in [2.75, 3.05) is 17.3 Å². The van der Waals surface area contributed by atoms with Crippen LogP contribution in [-0.4, -0.2) is 22.1 Å². The molecule has 0 spiro atoms. The number of nitrogens with one attached hydrogen (secondary N) is 1. The van der Waals surface area contributed by atoms with Gasteiger partial charge in [-0.1, -0.05) is 22.9 Å². The molecule has 24 heavy (non-hydrogen) atoms. The number of thiocarbonyl (C=S) groups is 1. The normalized spacial score (nSPS) is 10.5. The summed E-state index contributed by atoms with van der Waals surface area (Å²) in [4.78, 5) is 10.7. The fraction of sp³-hybridized carbons (Fsp3) is 0.118. The fourth-order valence-corrected chi connectivity index (χ4v) is 3.56. The predicted molar refractivity (Wildman–Crippen MR) is 106 cm³/mol. The van der Waals surface area contributed by atoms with E-state index in [1.54, 1.807) is 17.5 Å². The Hall–Kier alpha value is -2.02. The Morgan fingerprint density at radius 2 is 2.00 bits per heavy atom. The third-order valence-electron chi connectivity index (χ3n) is 3.39. The Bertz CT molecular complexity index is 847. The summed E-state index contributed by atoms with van der Waals surface area (Å²) in [5.74, 6) is 0. The van der Waals surface area contributed by atoms with E-state index in [2.05, 4.69) is 15.3 Å². The van der Waals surface area contributed by atoms with E-state index in [9.17, 15) is 0 Å². The van der Waals surface area contributed by atoms with E-state index in [4.69, 9.17) is 23.8 Å². The van der Waals surface area contributed by atoms with Gasteiger partial charge in [0, 0.05) is 35.7 Å². The van der Waals surface area contributed by atoms with E-state index in [0.717, 1.165) is 27.0 Å². The standard InChI is InChI=1S/C17H15ClN4S2/c1-11-16(24-15(20-11)12-4-3-9-19-10-12)22(2)17(23)21-14-7-5-13(18)6-8-14/h3-10H,1-2H3,(H,21,23). The van der Waals surface area contributed by atoms with Crippen LogP contribution in [0.2, 0.25) is 5.02 Å². The molecule has 0 radical (unpaired) electrons. The van der Waals surface area contributed by atoms with Crippen molar-refractivity contribution in [1.82, 2.24) is 9.97 Å². The van der Waals surface area contributed by atoms with Gasteiger partial charge in [0.15, 0.2) is 5.11 Å². The summed E-state index contributed by atoms with van der Waals surface area (Å²) in [6.07, 6.45) is 3.56. The Kier molecular flexibility index (Phi) is 5.08. The lowest BCUT2D eigenvalue weighted by molar-refractivity contribution is 1.20. The molecule has 0 bridgehead atoms. The highest BCUT2D eigenvalue weighted by atomic mass is 35.5. The molecule has 0 amide bonds. The van der Waals surface area contributed by atoms with Crippen molar-refractivity contribution in [3.63, 3.8) is 0 Å². The van der Waals surface area contributed by atoms with Crippen molar-refractivity contribution >= 4 is 51.0 Å². The molecule has 1 aromatic carbocycles. The number of rotatable bonds is 3. The Morgan fingerprint density at radius 1 is 1.25 bits per heavy atom. The molecule has 1 N–H and O–H groups in total. The molecule has 3 aromatic rings. The highest BCUT2D eigenvalue weighted by Crippen LogP contribution is 2.33. The van der Waals surface area contributed by atoms with Crippen molar-refractivity contribution in [3.8, 4) is 10.6 Å². The Morgan fingerprint density at radius 3 is 2.67 bits per heavy atom. The number of benzene rings is 1. The molecule has 0 saturated carbocycles. The topological polar surface area (TPSA) is 41.1 Å². The van der Waals surface area contributed by atoms with Gasteiger partial charge in [-0.3, -0.25) is 4.98 Å². The number of hydrogen-bond donors (Lipinski definition) is 1. The van der Waals surface area contributed by atoms with Crippen LogP contribution in [-0.2, 0) is 0 Å². The number of hydrogen-bond acceptors (Lipinski definition) is 4. The minimum absolute atomic E-state index is 0.599. The minimum Gasteiger partial charge on any atom is -0.332 e. The molecule has 0 aliphatic carbocycles. The summed E-state index contributed by atoms with van der Waals surface area (Å²) in [5.41, 5.74) is 2.83. The molecule has 2 heterocycles. The highest BCUT2D eigenvalue weighted by molar-refractivity contribution is 7.80. The Labute approximate surface area is 155 Å². The summed E-state index contributed by atoms with van der Waals surface area (Å²) in [6, 6.07) is 11.3. The Balaban J connectivity index is 1.79. The molecule has 0 unspecified atom stereocenters. The number of aromatic nitrogens is 2. The van der Waals surface area contributed by atoms with Gasteiger partial charge in [-0.15, -0.1) is 0 Å². The summed E-state index contributed by atoms with van der Waals surface area (Å²) in [5, 5.41) is 6.43. The zero-order valence-electron chi connectivity index (χ0n) is 13.2. The van der Waals surface area contributed by atoms with Crippen LogP contribution in [0.5, 0.6) is 0 Å². The van der Waals surface area contributed by atoms with E-state index < -0.39 is 0 Å². The van der Waals surface area contributed by atoms with E-state index >= 15 is 0 Å². The number of pyridine rings is 1. The second-order valence-corrected chi connectivity index (χ2v) is 6.95. The van der Waals surface area contributed by atoms with Crippen LogP contribution < -0.4 is 10.2 Å². The van der Waals surface area contributed by atoms with Gasteiger partial charge in [0.05, 0.1) is 5.69 Å². The maximum Gasteiger partial charge on any atom is 0.178 e. The molecule has 0 aliphatic rings. The van der Waals surface area contributed by atoms with Crippen molar-refractivity contribution in [1.29, 1.82) is 0 Å². The number of nitrogens with zero attached hydrogens (tertiary/aromatic N) is 3. The van der Waals surface area contributed by atoms with Crippen LogP contribution in [0.15, 0.2) is 48.8 Å². The first-order chi connectivity index (χ1) is 11.5. The molecule has 0 saturated heterocycles. The van der Waals surface area contributed by atoms with Gasteiger partial charge >= 0.3 is 0 Å². The average molecular weight is 375 g/mol. The van der Waals surface area contributed by atoms with Crippen molar-refractivity contribution in [2.24, 2.45) is 0 Å². The zero-order chi connectivity index (χ0) is 17.1. The third kappa shape index (κ3) is 3.72. The van der Waals surface area contributed by atoms with Gasteiger partial charge < -0.3 is 10.2 Å². The lowest BCUT2D eigenvalue weighted by atomic mass is 10.3. The second kappa shape index (κ2) is 7.25. The largest absolute Gasteiger partial charge is 0.332 e. The van der Waals surface area contributed by atoms with Crippen LogP contribution in [0.4, 0.5) is 10.7 Å². The quantitative estimate of drug-likeness (QED) is 0.653. The SMILES string of the molecule is Cc1nc(-c2cccnc2)sc1N(C)C(=S)Nc1ccc(Cl)cc1. The summed E-state index contributed by atoms with van der Waals surface area (Å²) in [7, 11) is 1.93. The molecule has 0 atom stereocenters. The van der Waals surface area contributed by atoms with Crippen LogP contribution in [0, 0.1) is 6.92 Å².